The number of sulfonamides is 1. The lowest BCUT2D eigenvalue weighted by atomic mass is 10.1. The summed E-state index contributed by atoms with van der Waals surface area (Å²) in [5.41, 5.74) is 0.809. The van der Waals surface area contributed by atoms with E-state index in [4.69, 9.17) is 5.14 Å². The van der Waals surface area contributed by atoms with Crippen molar-refractivity contribution in [3.63, 3.8) is 0 Å². The Morgan fingerprint density at radius 1 is 1.42 bits per heavy atom. The Bertz CT molecular complexity index is 543. The molecular formula is C12H19N3O3S. The molecule has 1 rings (SSSR count). The molecule has 19 heavy (non-hydrogen) atoms. The predicted molar refractivity (Wildman–Crippen MR) is 72.9 cm³/mol. The molecule has 0 aliphatic carbocycles. The molecule has 1 aromatic rings. The number of nitrogens with one attached hydrogen (secondary N) is 2. The Labute approximate surface area is 113 Å². The topological polar surface area (TPSA) is 101 Å². The maximum absolute atomic E-state index is 11.3. The molecule has 0 aliphatic rings. The van der Waals surface area contributed by atoms with Crippen molar-refractivity contribution in [3.05, 3.63) is 29.8 Å². The number of primary sulfonamides is 1. The zero-order valence-electron chi connectivity index (χ0n) is 11.0. The molecule has 1 atom stereocenters. The Kier molecular flexibility index (Phi) is 5.46. The molecule has 0 aliphatic heterocycles. The van der Waals surface area contributed by atoms with Gasteiger partial charge in [0.25, 0.3) is 0 Å². The van der Waals surface area contributed by atoms with Crippen molar-refractivity contribution in [2.45, 2.75) is 24.3 Å². The summed E-state index contributed by atoms with van der Waals surface area (Å²) in [6.45, 7) is 2.41. The third-order valence-electron chi connectivity index (χ3n) is 2.77. The van der Waals surface area contributed by atoms with Crippen LogP contribution >= 0.6 is 0 Å². The Hall–Kier alpha value is -1.44. The summed E-state index contributed by atoms with van der Waals surface area (Å²) in [5, 5.41) is 10.8. The highest BCUT2D eigenvalue weighted by Crippen LogP contribution is 2.16. The van der Waals surface area contributed by atoms with Crippen molar-refractivity contribution < 1.29 is 13.2 Å². The summed E-state index contributed by atoms with van der Waals surface area (Å²) in [5.74, 6) is -0.0435. The van der Waals surface area contributed by atoms with Gasteiger partial charge in [-0.2, -0.15) is 0 Å². The van der Waals surface area contributed by atoms with E-state index in [0.29, 0.717) is 13.0 Å². The molecule has 0 heterocycles. The molecule has 1 unspecified atom stereocenters. The average Bonchev–Trinajstić information content (AvgIpc) is 2.37. The van der Waals surface area contributed by atoms with Crippen LogP contribution in [-0.4, -0.2) is 27.9 Å². The van der Waals surface area contributed by atoms with Gasteiger partial charge in [-0.3, -0.25) is 4.79 Å². The lowest BCUT2D eigenvalue weighted by Crippen LogP contribution is -2.26. The van der Waals surface area contributed by atoms with Gasteiger partial charge in [-0.25, -0.2) is 13.6 Å². The van der Waals surface area contributed by atoms with Gasteiger partial charge in [0.15, 0.2) is 0 Å². The lowest BCUT2D eigenvalue weighted by molar-refractivity contribution is -0.120. The summed E-state index contributed by atoms with van der Waals surface area (Å²) in [6, 6.07) is 6.38. The molecule has 0 fully saturated rings. The SMILES string of the molecule is CNC(=O)CCNC(C)c1cccc(S(N)(=O)=O)c1. The Morgan fingerprint density at radius 2 is 2.11 bits per heavy atom. The Morgan fingerprint density at radius 3 is 2.68 bits per heavy atom. The van der Waals surface area contributed by atoms with Gasteiger partial charge in [-0.15, -0.1) is 0 Å². The zero-order valence-corrected chi connectivity index (χ0v) is 11.8. The van der Waals surface area contributed by atoms with E-state index in [1.807, 2.05) is 13.0 Å². The fraction of sp³-hybridized carbons (Fsp3) is 0.417. The van der Waals surface area contributed by atoms with Gasteiger partial charge >= 0.3 is 0 Å². The monoisotopic (exact) mass is 285 g/mol. The first kappa shape index (κ1) is 15.6. The number of amides is 1. The molecule has 1 aromatic carbocycles. The second-order valence-electron chi connectivity index (χ2n) is 4.22. The highest BCUT2D eigenvalue weighted by Gasteiger charge is 2.11. The van der Waals surface area contributed by atoms with Crippen LogP contribution in [0.3, 0.4) is 0 Å². The molecular weight excluding hydrogens is 266 g/mol. The molecule has 1 amide bonds. The second kappa shape index (κ2) is 6.65. The van der Waals surface area contributed by atoms with Gasteiger partial charge in [0.05, 0.1) is 4.90 Å². The van der Waals surface area contributed by atoms with Gasteiger partial charge in [-0.05, 0) is 24.6 Å². The summed E-state index contributed by atoms with van der Waals surface area (Å²) >= 11 is 0. The van der Waals surface area contributed by atoms with E-state index in [-0.39, 0.29) is 16.8 Å². The van der Waals surface area contributed by atoms with Gasteiger partial charge < -0.3 is 10.6 Å². The van der Waals surface area contributed by atoms with Crippen molar-refractivity contribution >= 4 is 15.9 Å². The number of benzene rings is 1. The van der Waals surface area contributed by atoms with Crippen LogP contribution in [0.4, 0.5) is 0 Å². The maximum atomic E-state index is 11.3. The van der Waals surface area contributed by atoms with E-state index in [1.54, 1.807) is 13.1 Å². The van der Waals surface area contributed by atoms with E-state index >= 15 is 0 Å². The molecule has 0 saturated carbocycles. The molecule has 7 heteroatoms. The second-order valence-corrected chi connectivity index (χ2v) is 5.78. The van der Waals surface area contributed by atoms with Gasteiger partial charge in [0, 0.05) is 26.1 Å². The van der Waals surface area contributed by atoms with Crippen LogP contribution in [0.1, 0.15) is 24.9 Å². The molecule has 4 N–H and O–H groups in total. The number of hydrogen-bond donors (Lipinski definition) is 3. The van der Waals surface area contributed by atoms with Crippen molar-refractivity contribution in [2.24, 2.45) is 5.14 Å². The zero-order chi connectivity index (χ0) is 14.5. The number of nitrogens with two attached hydrogens (primary N) is 1. The first-order valence-electron chi connectivity index (χ1n) is 5.91. The van der Waals surface area contributed by atoms with Gasteiger partial charge in [0.1, 0.15) is 0 Å². The van der Waals surface area contributed by atoms with Gasteiger partial charge in [0.2, 0.25) is 15.9 Å². The number of rotatable bonds is 6. The fourth-order valence-corrected chi connectivity index (χ4v) is 2.17. The summed E-state index contributed by atoms with van der Waals surface area (Å²) in [6.07, 6.45) is 0.371. The van der Waals surface area contributed by atoms with Crippen LogP contribution in [0, 0.1) is 0 Å². The first-order chi connectivity index (χ1) is 8.84. The minimum Gasteiger partial charge on any atom is -0.359 e. The lowest BCUT2D eigenvalue weighted by Gasteiger charge is -2.14. The van der Waals surface area contributed by atoms with Crippen LogP contribution in [0.25, 0.3) is 0 Å². The van der Waals surface area contributed by atoms with Crippen LogP contribution in [0.5, 0.6) is 0 Å². The minimum atomic E-state index is -3.69. The molecule has 0 aromatic heterocycles. The molecule has 0 saturated heterocycles. The van der Waals surface area contributed by atoms with Crippen molar-refractivity contribution in [2.75, 3.05) is 13.6 Å². The van der Waals surface area contributed by atoms with E-state index in [9.17, 15) is 13.2 Å². The number of carbonyl (C=O) groups excluding carboxylic acids is 1. The summed E-state index contributed by atoms with van der Waals surface area (Å²) < 4.78 is 22.5. The average molecular weight is 285 g/mol. The highest BCUT2D eigenvalue weighted by molar-refractivity contribution is 7.89. The quantitative estimate of drug-likeness (QED) is 0.691. The smallest absolute Gasteiger partial charge is 0.238 e. The Balaban J connectivity index is 2.67. The van der Waals surface area contributed by atoms with Crippen LogP contribution in [0.2, 0.25) is 0 Å². The van der Waals surface area contributed by atoms with Crippen LogP contribution < -0.4 is 15.8 Å². The highest BCUT2D eigenvalue weighted by atomic mass is 32.2. The van der Waals surface area contributed by atoms with E-state index in [2.05, 4.69) is 10.6 Å². The van der Waals surface area contributed by atoms with Crippen LogP contribution in [0.15, 0.2) is 29.2 Å². The predicted octanol–water partition coefficient (Wildman–Crippen LogP) is 0.121. The minimum absolute atomic E-state index is 0.0435. The molecule has 106 valence electrons. The third kappa shape index (κ3) is 4.98. The van der Waals surface area contributed by atoms with E-state index in [0.717, 1.165) is 5.56 Å². The summed E-state index contributed by atoms with van der Waals surface area (Å²) in [7, 11) is -2.10. The fourth-order valence-electron chi connectivity index (χ4n) is 1.61. The number of carbonyl (C=O) groups is 1. The van der Waals surface area contributed by atoms with Crippen LogP contribution in [-0.2, 0) is 14.8 Å². The standard InChI is InChI=1S/C12H19N3O3S/c1-9(15-7-6-12(16)14-2)10-4-3-5-11(8-10)19(13,17)18/h3-5,8-9,15H,6-7H2,1-2H3,(H,14,16)(H2,13,17,18). The first-order valence-corrected chi connectivity index (χ1v) is 7.46. The molecule has 0 radical (unpaired) electrons. The normalized spacial score (nSPS) is 13.0. The maximum Gasteiger partial charge on any atom is 0.238 e. The largest absolute Gasteiger partial charge is 0.359 e. The van der Waals surface area contributed by atoms with Crippen molar-refractivity contribution in [1.29, 1.82) is 0 Å². The molecule has 0 spiro atoms. The van der Waals surface area contributed by atoms with Gasteiger partial charge in [-0.1, -0.05) is 12.1 Å². The summed E-state index contributed by atoms with van der Waals surface area (Å²) in [4.78, 5) is 11.2. The third-order valence-corrected chi connectivity index (χ3v) is 3.68. The van der Waals surface area contributed by atoms with Crippen molar-refractivity contribution in [3.8, 4) is 0 Å². The number of hydrogen-bond acceptors (Lipinski definition) is 4. The van der Waals surface area contributed by atoms with Crippen molar-refractivity contribution in [1.82, 2.24) is 10.6 Å². The van der Waals surface area contributed by atoms with E-state index in [1.165, 1.54) is 12.1 Å². The molecule has 6 nitrogen and oxygen atoms in total. The van der Waals surface area contributed by atoms with E-state index < -0.39 is 10.0 Å². The molecule has 0 bridgehead atoms.